The lowest BCUT2D eigenvalue weighted by atomic mass is 10.1. The average Bonchev–Trinajstić information content (AvgIpc) is 2.32. The van der Waals surface area contributed by atoms with Gasteiger partial charge in [0.15, 0.2) is 5.82 Å². The zero-order valence-corrected chi connectivity index (χ0v) is 12.1. The number of ether oxygens (including phenoxy) is 1. The molecule has 0 amide bonds. The van der Waals surface area contributed by atoms with Crippen LogP contribution in [0.25, 0.3) is 0 Å². The normalized spacial score (nSPS) is 10.4. The molecular formula is C12H17BrFN3O. The second-order valence-electron chi connectivity index (χ2n) is 3.79. The van der Waals surface area contributed by atoms with Crippen LogP contribution in [0.2, 0.25) is 0 Å². The molecule has 0 atom stereocenters. The minimum Gasteiger partial charge on any atom is -0.384 e. The second kappa shape index (κ2) is 6.70. The molecule has 0 radical (unpaired) electrons. The van der Waals surface area contributed by atoms with Crippen LogP contribution in [0.4, 0.5) is 10.1 Å². The van der Waals surface area contributed by atoms with E-state index in [4.69, 9.17) is 15.9 Å². The Morgan fingerprint density at radius 2 is 2.22 bits per heavy atom. The lowest BCUT2D eigenvalue weighted by molar-refractivity contribution is 0.154. The molecule has 1 aromatic carbocycles. The third kappa shape index (κ3) is 3.43. The predicted molar refractivity (Wildman–Crippen MR) is 74.9 cm³/mol. The van der Waals surface area contributed by atoms with Gasteiger partial charge in [0.2, 0.25) is 0 Å². The quantitative estimate of drug-likeness (QED) is 0.481. The van der Waals surface area contributed by atoms with Gasteiger partial charge in [0.1, 0.15) is 5.84 Å². The number of benzene rings is 1. The van der Waals surface area contributed by atoms with Gasteiger partial charge in [-0.25, -0.2) is 4.39 Å². The second-order valence-corrected chi connectivity index (χ2v) is 4.59. The van der Waals surface area contributed by atoms with Crippen molar-refractivity contribution in [2.45, 2.75) is 6.92 Å². The number of rotatable bonds is 6. The Balaban J connectivity index is 2.90. The van der Waals surface area contributed by atoms with E-state index in [9.17, 15) is 4.39 Å². The third-order valence-corrected chi connectivity index (χ3v) is 3.31. The number of hydrogen-bond donors (Lipinski definition) is 2. The summed E-state index contributed by atoms with van der Waals surface area (Å²) in [6.45, 7) is 3.69. The van der Waals surface area contributed by atoms with Crippen molar-refractivity contribution in [3.05, 3.63) is 28.0 Å². The van der Waals surface area contributed by atoms with E-state index in [0.29, 0.717) is 31.0 Å². The van der Waals surface area contributed by atoms with Crippen LogP contribution in [0.15, 0.2) is 16.6 Å². The van der Waals surface area contributed by atoms with Crippen LogP contribution in [0, 0.1) is 11.2 Å². The summed E-state index contributed by atoms with van der Waals surface area (Å²) in [5, 5.41) is 7.33. The van der Waals surface area contributed by atoms with Gasteiger partial charge in [0, 0.05) is 25.8 Å². The van der Waals surface area contributed by atoms with Gasteiger partial charge in [0.05, 0.1) is 16.8 Å². The number of amidine groups is 1. The fourth-order valence-electron chi connectivity index (χ4n) is 1.51. The van der Waals surface area contributed by atoms with Crippen molar-refractivity contribution in [2.75, 3.05) is 31.7 Å². The first-order valence-corrected chi connectivity index (χ1v) is 6.39. The van der Waals surface area contributed by atoms with Crippen LogP contribution in [0.1, 0.15) is 12.5 Å². The maximum atomic E-state index is 14.1. The molecule has 0 fully saturated rings. The Kier molecular flexibility index (Phi) is 5.55. The van der Waals surface area contributed by atoms with Gasteiger partial charge in [-0.15, -0.1) is 0 Å². The molecule has 0 heterocycles. The number of nitrogens with two attached hydrogens (primary N) is 1. The van der Waals surface area contributed by atoms with E-state index in [1.165, 1.54) is 0 Å². The minimum atomic E-state index is -0.415. The molecule has 0 saturated carbocycles. The van der Waals surface area contributed by atoms with Crippen molar-refractivity contribution >= 4 is 27.5 Å². The van der Waals surface area contributed by atoms with E-state index < -0.39 is 5.82 Å². The van der Waals surface area contributed by atoms with Crippen LogP contribution in [0.3, 0.4) is 0 Å². The summed E-state index contributed by atoms with van der Waals surface area (Å²) in [6, 6.07) is 3.24. The maximum absolute atomic E-state index is 14.1. The van der Waals surface area contributed by atoms with Crippen molar-refractivity contribution in [2.24, 2.45) is 5.73 Å². The number of halogens is 2. The molecule has 0 unspecified atom stereocenters. The van der Waals surface area contributed by atoms with Gasteiger partial charge < -0.3 is 15.4 Å². The van der Waals surface area contributed by atoms with E-state index in [2.05, 4.69) is 15.9 Å². The molecule has 18 heavy (non-hydrogen) atoms. The molecule has 1 rings (SSSR count). The first-order valence-electron chi connectivity index (χ1n) is 5.60. The Labute approximate surface area is 115 Å². The van der Waals surface area contributed by atoms with Crippen LogP contribution in [0.5, 0.6) is 0 Å². The molecular weight excluding hydrogens is 301 g/mol. The van der Waals surface area contributed by atoms with Gasteiger partial charge in [0.25, 0.3) is 0 Å². The zero-order valence-electron chi connectivity index (χ0n) is 10.5. The van der Waals surface area contributed by atoms with Gasteiger partial charge >= 0.3 is 0 Å². The zero-order chi connectivity index (χ0) is 13.7. The highest BCUT2D eigenvalue weighted by molar-refractivity contribution is 9.10. The molecule has 100 valence electrons. The van der Waals surface area contributed by atoms with E-state index in [1.807, 2.05) is 6.92 Å². The van der Waals surface area contributed by atoms with Gasteiger partial charge in [-0.1, -0.05) is 0 Å². The first kappa shape index (κ1) is 14.9. The summed E-state index contributed by atoms with van der Waals surface area (Å²) < 4.78 is 19.5. The number of hydrogen-bond acceptors (Lipinski definition) is 3. The topological polar surface area (TPSA) is 62.3 Å². The molecule has 0 aliphatic rings. The van der Waals surface area contributed by atoms with E-state index in [0.717, 1.165) is 0 Å². The minimum absolute atomic E-state index is 0.163. The van der Waals surface area contributed by atoms with Crippen LogP contribution in [-0.4, -0.2) is 32.6 Å². The lowest BCUT2D eigenvalue weighted by Crippen LogP contribution is -2.24. The molecule has 0 aliphatic heterocycles. The van der Waals surface area contributed by atoms with Crippen molar-refractivity contribution < 1.29 is 9.13 Å². The molecule has 0 aliphatic carbocycles. The van der Waals surface area contributed by atoms with Crippen molar-refractivity contribution in [1.82, 2.24) is 0 Å². The highest BCUT2D eigenvalue weighted by atomic mass is 79.9. The molecule has 6 heteroatoms. The Morgan fingerprint density at radius 1 is 1.56 bits per heavy atom. The third-order valence-electron chi connectivity index (χ3n) is 2.54. The smallest absolute Gasteiger partial charge is 0.161 e. The Hall–Kier alpha value is -1.14. The van der Waals surface area contributed by atoms with Gasteiger partial charge in [-0.3, -0.25) is 5.41 Å². The maximum Gasteiger partial charge on any atom is 0.161 e. The largest absolute Gasteiger partial charge is 0.384 e. The number of likely N-dealkylation sites (N-methyl/N-ethyl adjacent to an activating group) is 1. The summed E-state index contributed by atoms with van der Waals surface area (Å²) in [4.78, 5) is 1.76. The SMILES string of the molecule is CCOCCN(C)c1ccc(C(=N)N)c(Br)c1F. The van der Waals surface area contributed by atoms with Crippen LogP contribution in [-0.2, 0) is 4.74 Å². The van der Waals surface area contributed by atoms with Crippen molar-refractivity contribution in [3.8, 4) is 0 Å². The number of anilines is 1. The van der Waals surface area contributed by atoms with Crippen LogP contribution >= 0.6 is 15.9 Å². The Bertz CT molecular complexity index is 440. The molecule has 4 nitrogen and oxygen atoms in total. The van der Waals surface area contributed by atoms with Crippen LogP contribution < -0.4 is 10.6 Å². The monoisotopic (exact) mass is 317 g/mol. The highest BCUT2D eigenvalue weighted by Gasteiger charge is 2.15. The molecule has 0 aromatic heterocycles. The van der Waals surface area contributed by atoms with Gasteiger partial charge in [-0.2, -0.15) is 0 Å². The average molecular weight is 318 g/mol. The fourth-order valence-corrected chi connectivity index (χ4v) is 2.06. The lowest BCUT2D eigenvalue weighted by Gasteiger charge is -2.21. The van der Waals surface area contributed by atoms with E-state index >= 15 is 0 Å². The van der Waals surface area contributed by atoms with E-state index in [1.54, 1.807) is 24.1 Å². The molecule has 0 spiro atoms. The van der Waals surface area contributed by atoms with Crippen molar-refractivity contribution in [3.63, 3.8) is 0 Å². The number of nitrogen functional groups attached to an aromatic ring is 1. The summed E-state index contributed by atoms with van der Waals surface area (Å²) >= 11 is 3.13. The Morgan fingerprint density at radius 3 is 2.78 bits per heavy atom. The molecule has 0 bridgehead atoms. The van der Waals surface area contributed by atoms with E-state index in [-0.39, 0.29) is 10.3 Å². The first-order chi connectivity index (χ1) is 8.49. The fraction of sp³-hybridized carbons (Fsp3) is 0.417. The van der Waals surface area contributed by atoms with Crippen molar-refractivity contribution in [1.29, 1.82) is 5.41 Å². The molecule has 1 aromatic rings. The highest BCUT2D eigenvalue weighted by Crippen LogP contribution is 2.28. The predicted octanol–water partition coefficient (Wildman–Crippen LogP) is 2.34. The summed E-state index contributed by atoms with van der Waals surface area (Å²) in [6.07, 6.45) is 0. The molecule has 0 saturated heterocycles. The summed E-state index contributed by atoms with van der Waals surface area (Å²) in [7, 11) is 1.79. The number of nitrogens with zero attached hydrogens (tertiary/aromatic N) is 1. The standard InChI is InChI=1S/C12H17BrFN3O/c1-3-18-7-6-17(2)9-5-4-8(12(15)16)10(13)11(9)14/h4-5H,3,6-7H2,1-2H3,(H3,15,16). The summed E-state index contributed by atoms with van der Waals surface area (Å²) in [5.41, 5.74) is 6.17. The molecule has 3 N–H and O–H groups in total. The number of nitrogens with one attached hydrogen (secondary N) is 1. The summed E-state index contributed by atoms with van der Waals surface area (Å²) in [5.74, 6) is -0.578. The van der Waals surface area contributed by atoms with Gasteiger partial charge in [-0.05, 0) is 35.0 Å².